The van der Waals surface area contributed by atoms with Gasteiger partial charge in [-0.05, 0) is 42.5 Å². The highest BCUT2D eigenvalue weighted by molar-refractivity contribution is 5.80. The van der Waals surface area contributed by atoms with Crippen LogP contribution in [0.2, 0.25) is 0 Å². The highest BCUT2D eigenvalue weighted by Crippen LogP contribution is 2.31. The Labute approximate surface area is 155 Å². The second-order valence-corrected chi connectivity index (χ2v) is 7.47. The van der Waals surface area contributed by atoms with Gasteiger partial charge in [0.05, 0.1) is 18.0 Å². The summed E-state index contributed by atoms with van der Waals surface area (Å²) >= 11 is 0. The van der Waals surface area contributed by atoms with E-state index in [2.05, 4.69) is 80.5 Å². The van der Waals surface area contributed by atoms with E-state index in [1.165, 1.54) is 48.2 Å². The number of hydrogen-bond donors (Lipinski definition) is 1. The molecule has 4 nitrogen and oxygen atoms in total. The number of hydrogen-bond acceptors (Lipinski definition) is 3. The Bertz CT molecular complexity index is 892. The van der Waals surface area contributed by atoms with Gasteiger partial charge in [0.15, 0.2) is 0 Å². The first-order valence-corrected chi connectivity index (χ1v) is 9.74. The van der Waals surface area contributed by atoms with Crippen molar-refractivity contribution in [2.45, 2.75) is 18.9 Å². The minimum absolute atomic E-state index is 0.639. The van der Waals surface area contributed by atoms with E-state index in [0.29, 0.717) is 6.04 Å². The predicted molar refractivity (Wildman–Crippen MR) is 109 cm³/mol. The Balaban J connectivity index is 1.18. The summed E-state index contributed by atoms with van der Waals surface area (Å²) in [6.07, 6.45) is 4.76. The van der Waals surface area contributed by atoms with Gasteiger partial charge in [-0.25, -0.2) is 0 Å². The second-order valence-electron chi connectivity index (χ2n) is 7.47. The lowest BCUT2D eigenvalue weighted by Gasteiger charge is -2.34. The molecule has 2 aliphatic heterocycles. The van der Waals surface area contributed by atoms with Crippen molar-refractivity contribution >= 4 is 22.3 Å². The zero-order chi connectivity index (χ0) is 17.3. The van der Waals surface area contributed by atoms with Gasteiger partial charge in [0.1, 0.15) is 0 Å². The minimum atomic E-state index is 0.639. The summed E-state index contributed by atoms with van der Waals surface area (Å²) in [5.41, 5.74) is 4.00. The van der Waals surface area contributed by atoms with Crippen molar-refractivity contribution < 1.29 is 0 Å². The predicted octanol–water partition coefficient (Wildman–Crippen LogP) is 4.17. The third kappa shape index (κ3) is 2.84. The molecule has 3 heterocycles. The number of likely N-dealkylation sites (tertiary alicyclic amines) is 1. The van der Waals surface area contributed by atoms with Crippen molar-refractivity contribution in [2.75, 3.05) is 43.1 Å². The van der Waals surface area contributed by atoms with Crippen molar-refractivity contribution in [1.29, 1.82) is 0 Å². The van der Waals surface area contributed by atoms with E-state index >= 15 is 0 Å². The van der Waals surface area contributed by atoms with E-state index in [1.54, 1.807) is 0 Å². The lowest BCUT2D eigenvalue weighted by Crippen LogP contribution is -2.40. The third-order valence-electron chi connectivity index (χ3n) is 5.97. The first kappa shape index (κ1) is 15.8. The molecule has 4 heteroatoms. The fraction of sp³-hybridized carbons (Fsp3) is 0.364. The van der Waals surface area contributed by atoms with E-state index in [4.69, 9.17) is 0 Å². The summed E-state index contributed by atoms with van der Waals surface area (Å²) in [5, 5.41) is 4.84. The molecule has 0 spiro atoms. The quantitative estimate of drug-likeness (QED) is 0.767. The van der Waals surface area contributed by atoms with Crippen molar-refractivity contribution in [1.82, 2.24) is 9.47 Å². The van der Waals surface area contributed by atoms with Crippen LogP contribution in [0.3, 0.4) is 0 Å². The second kappa shape index (κ2) is 6.69. The number of piperidine rings is 1. The van der Waals surface area contributed by atoms with Gasteiger partial charge in [-0.1, -0.05) is 30.3 Å². The number of nitrogens with zero attached hydrogens (tertiary/aromatic N) is 3. The van der Waals surface area contributed by atoms with Crippen LogP contribution in [0.4, 0.5) is 11.4 Å². The molecule has 5 rings (SSSR count). The van der Waals surface area contributed by atoms with Gasteiger partial charge in [0.25, 0.3) is 0 Å². The van der Waals surface area contributed by atoms with E-state index in [9.17, 15) is 0 Å². The highest BCUT2D eigenvalue weighted by Gasteiger charge is 2.23. The molecule has 0 saturated carbocycles. The molecular weight excluding hydrogens is 320 g/mol. The molecule has 0 amide bonds. The molecule has 0 atom stereocenters. The summed E-state index contributed by atoms with van der Waals surface area (Å²) in [7, 11) is 0. The maximum atomic E-state index is 3.48. The molecular formula is C22H26N4. The minimum Gasteiger partial charge on any atom is -0.366 e. The van der Waals surface area contributed by atoms with E-state index in [0.717, 1.165) is 19.8 Å². The van der Waals surface area contributed by atoms with E-state index in [-0.39, 0.29) is 0 Å². The zero-order valence-electron chi connectivity index (χ0n) is 15.1. The summed E-state index contributed by atoms with van der Waals surface area (Å²) in [5.74, 6) is 0. The van der Waals surface area contributed by atoms with Crippen LogP contribution in [0.15, 0.2) is 60.8 Å². The fourth-order valence-corrected chi connectivity index (χ4v) is 4.47. The average Bonchev–Trinajstić information content (AvgIpc) is 3.31. The molecule has 0 radical (unpaired) electrons. The van der Waals surface area contributed by atoms with Gasteiger partial charge in [-0.2, -0.15) is 0 Å². The van der Waals surface area contributed by atoms with Crippen LogP contribution >= 0.6 is 0 Å². The van der Waals surface area contributed by atoms with Gasteiger partial charge >= 0.3 is 0 Å². The molecule has 2 aliphatic rings. The molecule has 134 valence electrons. The van der Waals surface area contributed by atoms with Crippen LogP contribution in [0.25, 0.3) is 10.9 Å². The normalized spacial score (nSPS) is 18.2. The summed E-state index contributed by atoms with van der Waals surface area (Å²) in [4.78, 5) is 5.09. The Kier molecular flexibility index (Phi) is 4.06. The molecule has 0 aliphatic carbocycles. The zero-order valence-corrected chi connectivity index (χ0v) is 15.1. The van der Waals surface area contributed by atoms with Gasteiger partial charge in [0.2, 0.25) is 0 Å². The number of nitrogens with one attached hydrogen (secondary N) is 1. The van der Waals surface area contributed by atoms with Gasteiger partial charge < -0.3 is 19.7 Å². The SMILES string of the molecule is c1ccc2c(c1)NCN2CCN1CCC(n2ccc3ccccc32)CC1. The first-order chi connectivity index (χ1) is 12.9. The van der Waals surface area contributed by atoms with Crippen LogP contribution in [0.5, 0.6) is 0 Å². The highest BCUT2D eigenvalue weighted by atomic mass is 15.3. The number of rotatable bonds is 4. The lowest BCUT2D eigenvalue weighted by atomic mass is 10.0. The Morgan fingerprint density at radius 3 is 2.62 bits per heavy atom. The van der Waals surface area contributed by atoms with E-state index < -0.39 is 0 Å². The van der Waals surface area contributed by atoms with Crippen LogP contribution in [-0.2, 0) is 0 Å². The number of fused-ring (bicyclic) bond motifs is 2. The smallest absolute Gasteiger partial charge is 0.0878 e. The largest absolute Gasteiger partial charge is 0.366 e. The van der Waals surface area contributed by atoms with Gasteiger partial charge in [-0.3, -0.25) is 0 Å². The lowest BCUT2D eigenvalue weighted by molar-refractivity contribution is 0.192. The van der Waals surface area contributed by atoms with E-state index in [1.807, 2.05) is 0 Å². The molecule has 1 aromatic heterocycles. The fourth-order valence-electron chi connectivity index (χ4n) is 4.47. The number of benzene rings is 2. The van der Waals surface area contributed by atoms with Crippen molar-refractivity contribution in [3.63, 3.8) is 0 Å². The number of aromatic nitrogens is 1. The molecule has 26 heavy (non-hydrogen) atoms. The molecule has 2 aromatic carbocycles. The Morgan fingerprint density at radius 1 is 0.885 bits per heavy atom. The summed E-state index contributed by atoms with van der Waals surface area (Å²) < 4.78 is 2.49. The molecule has 0 bridgehead atoms. The van der Waals surface area contributed by atoms with Gasteiger partial charge in [0, 0.05) is 43.9 Å². The number of para-hydroxylation sites is 3. The Morgan fingerprint density at radius 2 is 1.69 bits per heavy atom. The maximum absolute atomic E-state index is 3.48. The average molecular weight is 346 g/mol. The van der Waals surface area contributed by atoms with Gasteiger partial charge in [-0.15, -0.1) is 0 Å². The Hall–Kier alpha value is -2.46. The van der Waals surface area contributed by atoms with Crippen molar-refractivity contribution in [3.8, 4) is 0 Å². The molecule has 0 unspecified atom stereocenters. The third-order valence-corrected chi connectivity index (χ3v) is 5.97. The standard InChI is InChI=1S/C22H26N4/c1-3-7-21-18(5-1)9-14-26(21)19-10-12-24(13-11-19)15-16-25-17-23-20-6-2-4-8-22(20)25/h1-9,14,19,23H,10-13,15-17H2. The monoisotopic (exact) mass is 346 g/mol. The molecule has 1 N–H and O–H groups in total. The summed E-state index contributed by atoms with van der Waals surface area (Å²) in [6.45, 7) is 5.57. The van der Waals surface area contributed by atoms with Crippen LogP contribution in [0.1, 0.15) is 18.9 Å². The van der Waals surface area contributed by atoms with Crippen molar-refractivity contribution in [2.24, 2.45) is 0 Å². The first-order valence-electron chi connectivity index (χ1n) is 9.74. The summed E-state index contributed by atoms with van der Waals surface area (Å²) in [6, 6.07) is 20.2. The van der Waals surface area contributed by atoms with Crippen molar-refractivity contribution in [3.05, 3.63) is 60.8 Å². The molecule has 1 fully saturated rings. The molecule has 1 saturated heterocycles. The number of anilines is 2. The topological polar surface area (TPSA) is 23.4 Å². The molecule has 3 aromatic rings. The van der Waals surface area contributed by atoms with Crippen LogP contribution < -0.4 is 10.2 Å². The van der Waals surface area contributed by atoms with Crippen LogP contribution in [0, 0.1) is 0 Å². The maximum Gasteiger partial charge on any atom is 0.0878 e. The van der Waals surface area contributed by atoms with Crippen LogP contribution in [-0.4, -0.2) is 42.3 Å².